The van der Waals surface area contributed by atoms with Crippen LogP contribution in [0.4, 0.5) is 13.2 Å². The van der Waals surface area contributed by atoms with Gasteiger partial charge < -0.3 is 10.2 Å². The summed E-state index contributed by atoms with van der Waals surface area (Å²) in [7, 11) is 0. The van der Waals surface area contributed by atoms with Crippen molar-refractivity contribution in [2.45, 2.75) is 18.8 Å². The van der Waals surface area contributed by atoms with E-state index in [4.69, 9.17) is 10.2 Å². The van der Waals surface area contributed by atoms with Gasteiger partial charge in [-0.1, -0.05) is 35.5 Å². The van der Waals surface area contributed by atoms with Gasteiger partial charge in [-0.05, 0) is 0 Å². The van der Waals surface area contributed by atoms with E-state index in [1.807, 2.05) is 0 Å². The molecule has 1 aromatic heterocycles. The van der Waals surface area contributed by atoms with Crippen molar-refractivity contribution in [3.63, 3.8) is 0 Å². The Hall–Kier alpha value is -2.42. The molecular weight excluding hydrogens is 291 g/mol. The number of nitrogens with zero attached hydrogens (tertiary/aromatic N) is 3. The van der Waals surface area contributed by atoms with E-state index in [1.54, 1.807) is 18.2 Å². The van der Waals surface area contributed by atoms with Crippen LogP contribution < -0.4 is 0 Å². The van der Waals surface area contributed by atoms with Gasteiger partial charge in [-0.25, -0.2) is 9.48 Å². The molecule has 112 valence electrons. The highest BCUT2D eigenvalue weighted by atomic mass is 19.4. The zero-order chi connectivity index (χ0) is 15.6. The van der Waals surface area contributed by atoms with Crippen LogP contribution in [-0.2, 0) is 6.54 Å². The number of halogens is 3. The molecule has 0 saturated carbocycles. The fourth-order valence-corrected chi connectivity index (χ4v) is 1.73. The van der Waals surface area contributed by atoms with Gasteiger partial charge in [-0.2, -0.15) is 13.2 Å². The molecule has 0 amide bonds. The fraction of sp³-hybridized carbons (Fsp3) is 0.250. The Balaban J connectivity index is 2.46. The molecule has 0 bridgehead atoms. The first kappa shape index (κ1) is 15.0. The average Bonchev–Trinajstić information content (AvgIpc) is 2.82. The van der Waals surface area contributed by atoms with Crippen molar-refractivity contribution < 1.29 is 28.2 Å². The minimum atomic E-state index is -4.83. The maximum Gasteiger partial charge on any atom is 0.416 e. The lowest BCUT2D eigenvalue weighted by Gasteiger charge is -2.15. The molecule has 2 N–H and O–H groups in total. The molecule has 0 aliphatic heterocycles. The van der Waals surface area contributed by atoms with Crippen LogP contribution in [0.3, 0.4) is 0 Å². The summed E-state index contributed by atoms with van der Waals surface area (Å²) in [4.78, 5) is 11.1. The monoisotopic (exact) mass is 301 g/mol. The quantitative estimate of drug-likeness (QED) is 0.895. The number of rotatable bonds is 4. The number of carboxylic acid groups (broad SMARTS) is 1. The highest BCUT2D eigenvalue weighted by Crippen LogP contribution is 2.26. The van der Waals surface area contributed by atoms with Gasteiger partial charge in [0.15, 0.2) is 11.8 Å². The highest BCUT2D eigenvalue weighted by Gasteiger charge is 2.39. The first-order valence-corrected chi connectivity index (χ1v) is 5.77. The molecule has 0 radical (unpaired) electrons. The summed E-state index contributed by atoms with van der Waals surface area (Å²) in [6, 6.07) is 7.89. The zero-order valence-electron chi connectivity index (χ0n) is 10.4. The van der Waals surface area contributed by atoms with E-state index in [9.17, 15) is 18.0 Å². The van der Waals surface area contributed by atoms with Crippen LogP contribution in [0.15, 0.2) is 30.3 Å². The Bertz CT molecular complexity index is 640. The minimum absolute atomic E-state index is 0.0913. The van der Waals surface area contributed by atoms with Crippen molar-refractivity contribution in [3.8, 4) is 11.3 Å². The summed E-state index contributed by atoms with van der Waals surface area (Å²) in [6.45, 7) is -0.937. The number of hydrogen-bond donors (Lipinski definition) is 2. The number of hydrogen-bond acceptors (Lipinski definition) is 4. The normalized spacial score (nSPS) is 13.1. The number of aromatic carboxylic acids is 1. The zero-order valence-corrected chi connectivity index (χ0v) is 10.4. The third-order valence-electron chi connectivity index (χ3n) is 2.71. The van der Waals surface area contributed by atoms with Crippen LogP contribution in [0.25, 0.3) is 11.3 Å². The van der Waals surface area contributed by atoms with Crippen molar-refractivity contribution >= 4 is 5.97 Å². The Labute approximate surface area is 116 Å². The van der Waals surface area contributed by atoms with Crippen molar-refractivity contribution in [2.75, 3.05) is 0 Å². The first-order chi connectivity index (χ1) is 9.80. The number of carboxylic acids is 1. The Morgan fingerprint density at radius 1 is 1.29 bits per heavy atom. The predicted molar refractivity (Wildman–Crippen MR) is 64.5 cm³/mol. The van der Waals surface area contributed by atoms with Crippen molar-refractivity contribution in [3.05, 3.63) is 36.0 Å². The molecule has 0 aliphatic carbocycles. The highest BCUT2D eigenvalue weighted by molar-refractivity contribution is 5.92. The van der Waals surface area contributed by atoms with Crippen LogP contribution in [-0.4, -0.2) is 43.5 Å². The maximum atomic E-state index is 12.4. The summed E-state index contributed by atoms with van der Waals surface area (Å²) in [5.74, 6) is -1.42. The van der Waals surface area contributed by atoms with Crippen LogP contribution in [0.2, 0.25) is 0 Å². The third kappa shape index (κ3) is 3.19. The number of aliphatic hydroxyl groups is 1. The lowest BCUT2D eigenvalue weighted by molar-refractivity contribution is -0.207. The van der Waals surface area contributed by atoms with E-state index in [0.717, 1.165) is 4.68 Å². The number of benzene rings is 1. The molecule has 1 unspecified atom stereocenters. The standard InChI is InChI=1S/C12H10F3N3O3/c13-12(14,15)8(19)6-18-10(7-4-2-1-3-5-7)9(11(20)21)16-17-18/h1-5,8,19H,6H2,(H,20,21). The number of aliphatic hydroxyl groups excluding tert-OH is 1. The van der Waals surface area contributed by atoms with Gasteiger partial charge in [0.2, 0.25) is 0 Å². The van der Waals surface area contributed by atoms with Gasteiger partial charge in [0, 0.05) is 5.56 Å². The molecular formula is C12H10F3N3O3. The van der Waals surface area contributed by atoms with Gasteiger partial charge in [0.25, 0.3) is 0 Å². The van der Waals surface area contributed by atoms with Gasteiger partial charge in [-0.3, -0.25) is 0 Å². The summed E-state index contributed by atoms with van der Waals surface area (Å²) in [5.41, 5.74) is -0.226. The molecule has 0 aliphatic rings. The lowest BCUT2D eigenvalue weighted by atomic mass is 10.1. The molecule has 0 saturated heterocycles. The topological polar surface area (TPSA) is 88.2 Å². The van der Waals surface area contributed by atoms with Gasteiger partial charge in [0.1, 0.15) is 5.69 Å². The van der Waals surface area contributed by atoms with Gasteiger partial charge >= 0.3 is 12.1 Å². The van der Waals surface area contributed by atoms with Gasteiger partial charge in [-0.15, -0.1) is 5.10 Å². The Morgan fingerprint density at radius 2 is 1.90 bits per heavy atom. The number of carbonyl (C=O) groups is 1. The number of aromatic nitrogens is 3. The molecule has 0 fully saturated rings. The Kier molecular flexibility index (Phi) is 3.94. The molecule has 1 atom stereocenters. The molecule has 2 rings (SSSR count). The second-order valence-electron chi connectivity index (χ2n) is 4.20. The second-order valence-corrected chi connectivity index (χ2v) is 4.20. The minimum Gasteiger partial charge on any atom is -0.476 e. The molecule has 1 heterocycles. The van der Waals surface area contributed by atoms with Crippen molar-refractivity contribution in [1.82, 2.24) is 15.0 Å². The summed E-state index contributed by atoms with van der Waals surface area (Å²) in [6.07, 6.45) is -7.49. The van der Waals surface area contributed by atoms with Crippen molar-refractivity contribution in [2.24, 2.45) is 0 Å². The molecule has 9 heteroatoms. The largest absolute Gasteiger partial charge is 0.476 e. The molecule has 1 aromatic carbocycles. The maximum absolute atomic E-state index is 12.4. The molecule has 0 spiro atoms. The van der Waals surface area contributed by atoms with E-state index in [0.29, 0.717) is 5.56 Å². The second kappa shape index (κ2) is 5.52. The van der Waals surface area contributed by atoms with Crippen molar-refractivity contribution in [1.29, 1.82) is 0 Å². The van der Waals surface area contributed by atoms with Crippen LogP contribution in [0.5, 0.6) is 0 Å². The van der Waals surface area contributed by atoms with E-state index in [2.05, 4.69) is 10.3 Å². The smallest absolute Gasteiger partial charge is 0.416 e. The summed E-state index contributed by atoms with van der Waals surface area (Å²) in [5, 5.41) is 24.9. The van der Waals surface area contributed by atoms with Crippen LogP contribution in [0, 0.1) is 0 Å². The van der Waals surface area contributed by atoms with Crippen LogP contribution in [0.1, 0.15) is 10.5 Å². The molecule has 6 nitrogen and oxygen atoms in total. The average molecular weight is 301 g/mol. The van der Waals surface area contributed by atoms with Gasteiger partial charge in [0.05, 0.1) is 6.54 Å². The predicted octanol–water partition coefficient (Wildman–Crippen LogP) is 1.57. The fourth-order valence-electron chi connectivity index (χ4n) is 1.73. The first-order valence-electron chi connectivity index (χ1n) is 5.77. The number of alkyl halides is 3. The SMILES string of the molecule is O=C(O)c1nnn(CC(O)C(F)(F)F)c1-c1ccccc1. The molecule has 21 heavy (non-hydrogen) atoms. The van der Waals surface area contributed by atoms with Crippen LogP contribution >= 0.6 is 0 Å². The summed E-state index contributed by atoms with van der Waals surface area (Å²) >= 11 is 0. The lowest BCUT2D eigenvalue weighted by Crippen LogP contribution is -2.33. The van der Waals surface area contributed by atoms with E-state index < -0.39 is 30.5 Å². The third-order valence-corrected chi connectivity index (χ3v) is 2.71. The van der Waals surface area contributed by atoms with E-state index in [1.165, 1.54) is 12.1 Å². The van der Waals surface area contributed by atoms with E-state index in [-0.39, 0.29) is 5.69 Å². The summed E-state index contributed by atoms with van der Waals surface area (Å²) < 4.78 is 38.0. The Morgan fingerprint density at radius 3 is 2.43 bits per heavy atom. The molecule has 2 aromatic rings. The van der Waals surface area contributed by atoms with E-state index >= 15 is 0 Å².